The van der Waals surface area contributed by atoms with Crippen molar-refractivity contribution >= 4 is 12.1 Å². The van der Waals surface area contributed by atoms with Crippen LogP contribution in [0.3, 0.4) is 0 Å². The molecule has 0 atom stereocenters. The van der Waals surface area contributed by atoms with Crippen LogP contribution in [0, 0.1) is 6.92 Å². The van der Waals surface area contributed by atoms with Gasteiger partial charge < -0.3 is 14.7 Å². The number of piperidine rings is 1. The number of hydrogen-bond donors (Lipinski definition) is 1. The minimum atomic E-state index is -0.854. The van der Waals surface area contributed by atoms with Crippen molar-refractivity contribution in [2.75, 3.05) is 13.1 Å². The van der Waals surface area contributed by atoms with Gasteiger partial charge in [-0.1, -0.05) is 0 Å². The van der Waals surface area contributed by atoms with Crippen molar-refractivity contribution in [1.29, 1.82) is 0 Å². The number of aromatic nitrogens is 2. The zero-order valence-corrected chi connectivity index (χ0v) is 14.2. The molecule has 1 aromatic rings. The number of rotatable bonds is 3. The molecule has 0 aliphatic carbocycles. The standard InChI is InChI=1S/C16H25N3O4/c1-11-12(9-14(20)21)10-17-19(11)13-5-7-18(8-6-13)15(22)23-16(2,3)4/h10,13H,5-9H2,1-4H3,(H,20,21). The molecule has 1 aliphatic heterocycles. The number of nitrogens with zero attached hydrogens (tertiary/aromatic N) is 3. The monoisotopic (exact) mass is 323 g/mol. The maximum absolute atomic E-state index is 12.1. The first kappa shape index (κ1) is 17.3. The van der Waals surface area contributed by atoms with Crippen LogP contribution in [-0.2, 0) is 16.0 Å². The van der Waals surface area contributed by atoms with Gasteiger partial charge in [0.05, 0.1) is 18.7 Å². The Kier molecular flexibility index (Phi) is 4.97. The lowest BCUT2D eigenvalue weighted by Crippen LogP contribution is -2.42. The van der Waals surface area contributed by atoms with Gasteiger partial charge in [0.15, 0.2) is 0 Å². The fraction of sp³-hybridized carbons (Fsp3) is 0.688. The van der Waals surface area contributed by atoms with Gasteiger partial charge in [0, 0.05) is 24.3 Å². The molecule has 128 valence electrons. The highest BCUT2D eigenvalue weighted by molar-refractivity contribution is 5.70. The molecule has 0 radical (unpaired) electrons. The Morgan fingerprint density at radius 1 is 1.35 bits per heavy atom. The molecule has 2 heterocycles. The van der Waals surface area contributed by atoms with E-state index in [-0.39, 0.29) is 18.6 Å². The summed E-state index contributed by atoms with van der Waals surface area (Å²) in [4.78, 5) is 24.6. The molecule has 1 N–H and O–H groups in total. The van der Waals surface area contributed by atoms with E-state index >= 15 is 0 Å². The number of amides is 1. The van der Waals surface area contributed by atoms with Crippen molar-refractivity contribution < 1.29 is 19.4 Å². The summed E-state index contributed by atoms with van der Waals surface area (Å²) in [6.45, 7) is 8.70. The number of carboxylic acid groups (broad SMARTS) is 1. The van der Waals surface area contributed by atoms with Gasteiger partial charge in [-0.15, -0.1) is 0 Å². The second-order valence-corrected chi connectivity index (χ2v) is 6.97. The van der Waals surface area contributed by atoms with E-state index in [0.717, 1.165) is 24.1 Å². The molecule has 23 heavy (non-hydrogen) atoms. The molecule has 0 spiro atoms. The van der Waals surface area contributed by atoms with Crippen LogP contribution in [0.4, 0.5) is 4.79 Å². The SMILES string of the molecule is Cc1c(CC(=O)O)cnn1C1CCN(C(=O)OC(C)(C)C)CC1. The summed E-state index contributed by atoms with van der Waals surface area (Å²) < 4.78 is 7.28. The number of ether oxygens (including phenoxy) is 1. The fourth-order valence-corrected chi connectivity index (χ4v) is 2.78. The van der Waals surface area contributed by atoms with Crippen LogP contribution in [0.5, 0.6) is 0 Å². The first-order valence-corrected chi connectivity index (χ1v) is 7.90. The van der Waals surface area contributed by atoms with E-state index in [9.17, 15) is 9.59 Å². The summed E-state index contributed by atoms with van der Waals surface area (Å²) in [5.74, 6) is -0.854. The predicted octanol–water partition coefficient (Wildman–Crippen LogP) is 2.39. The van der Waals surface area contributed by atoms with Gasteiger partial charge in [0.1, 0.15) is 5.60 Å². The summed E-state index contributed by atoms with van der Waals surface area (Å²) in [7, 11) is 0. The highest BCUT2D eigenvalue weighted by Gasteiger charge is 2.28. The Bertz CT molecular complexity index is 581. The smallest absolute Gasteiger partial charge is 0.410 e. The van der Waals surface area contributed by atoms with Crippen LogP contribution in [0.2, 0.25) is 0 Å². The van der Waals surface area contributed by atoms with E-state index in [1.165, 1.54) is 0 Å². The van der Waals surface area contributed by atoms with Gasteiger partial charge in [-0.05, 0) is 40.5 Å². The van der Waals surface area contributed by atoms with Crippen LogP contribution >= 0.6 is 0 Å². The zero-order chi connectivity index (χ0) is 17.2. The van der Waals surface area contributed by atoms with Gasteiger partial charge in [0.2, 0.25) is 0 Å². The molecule has 0 saturated carbocycles. The van der Waals surface area contributed by atoms with E-state index < -0.39 is 11.6 Å². The van der Waals surface area contributed by atoms with Crippen molar-refractivity contribution in [3.8, 4) is 0 Å². The lowest BCUT2D eigenvalue weighted by molar-refractivity contribution is -0.136. The maximum atomic E-state index is 12.1. The van der Waals surface area contributed by atoms with Crippen molar-refractivity contribution in [3.63, 3.8) is 0 Å². The van der Waals surface area contributed by atoms with Gasteiger partial charge >= 0.3 is 12.1 Å². The lowest BCUT2D eigenvalue weighted by atomic mass is 10.0. The number of carbonyl (C=O) groups excluding carboxylic acids is 1. The molecule has 1 saturated heterocycles. The summed E-state index contributed by atoms with van der Waals surface area (Å²) in [5, 5.41) is 13.2. The Morgan fingerprint density at radius 2 is 1.96 bits per heavy atom. The van der Waals surface area contributed by atoms with Crippen molar-refractivity contribution in [2.24, 2.45) is 0 Å². The lowest BCUT2D eigenvalue weighted by Gasteiger charge is -2.33. The molecule has 0 bridgehead atoms. The second kappa shape index (κ2) is 6.60. The van der Waals surface area contributed by atoms with E-state index in [1.807, 2.05) is 32.4 Å². The molecule has 1 fully saturated rings. The quantitative estimate of drug-likeness (QED) is 0.923. The molecule has 7 heteroatoms. The van der Waals surface area contributed by atoms with Crippen LogP contribution in [0.1, 0.15) is 50.9 Å². The van der Waals surface area contributed by atoms with E-state index in [4.69, 9.17) is 9.84 Å². The van der Waals surface area contributed by atoms with Gasteiger partial charge in [-0.25, -0.2) is 4.79 Å². The second-order valence-electron chi connectivity index (χ2n) is 6.97. The number of carboxylic acids is 1. The van der Waals surface area contributed by atoms with Crippen LogP contribution < -0.4 is 0 Å². The van der Waals surface area contributed by atoms with Crippen molar-refractivity contribution in [2.45, 2.75) is 58.6 Å². The minimum absolute atomic E-state index is 0.0113. The number of aliphatic carboxylic acids is 1. The van der Waals surface area contributed by atoms with Gasteiger partial charge in [-0.3, -0.25) is 9.48 Å². The van der Waals surface area contributed by atoms with E-state index in [0.29, 0.717) is 13.1 Å². The first-order valence-electron chi connectivity index (χ1n) is 7.90. The highest BCUT2D eigenvalue weighted by atomic mass is 16.6. The number of carbonyl (C=O) groups is 2. The molecule has 1 amide bonds. The van der Waals surface area contributed by atoms with Gasteiger partial charge in [-0.2, -0.15) is 5.10 Å². The summed E-state index contributed by atoms with van der Waals surface area (Å²) in [6, 6.07) is 0.191. The normalized spacial score (nSPS) is 16.4. The Hall–Kier alpha value is -2.05. The molecule has 0 unspecified atom stereocenters. The Morgan fingerprint density at radius 3 is 2.48 bits per heavy atom. The van der Waals surface area contributed by atoms with Gasteiger partial charge in [0.25, 0.3) is 0 Å². The zero-order valence-electron chi connectivity index (χ0n) is 14.2. The number of hydrogen-bond acceptors (Lipinski definition) is 4. The minimum Gasteiger partial charge on any atom is -0.481 e. The third kappa shape index (κ3) is 4.46. The summed E-state index contributed by atoms with van der Waals surface area (Å²) >= 11 is 0. The molecule has 0 aromatic carbocycles. The average Bonchev–Trinajstić information content (AvgIpc) is 2.78. The number of likely N-dealkylation sites (tertiary alicyclic amines) is 1. The molecular formula is C16H25N3O4. The van der Waals surface area contributed by atoms with Crippen molar-refractivity contribution in [1.82, 2.24) is 14.7 Å². The third-order valence-electron chi connectivity index (χ3n) is 3.95. The van der Waals surface area contributed by atoms with E-state index in [2.05, 4.69) is 5.10 Å². The predicted molar refractivity (Wildman–Crippen MR) is 84.4 cm³/mol. The molecule has 2 rings (SSSR count). The molecule has 7 nitrogen and oxygen atoms in total. The van der Waals surface area contributed by atoms with Crippen LogP contribution in [0.25, 0.3) is 0 Å². The molecule has 1 aliphatic rings. The summed E-state index contributed by atoms with van der Waals surface area (Å²) in [5.41, 5.74) is 1.15. The fourth-order valence-electron chi connectivity index (χ4n) is 2.78. The molecular weight excluding hydrogens is 298 g/mol. The average molecular weight is 323 g/mol. The largest absolute Gasteiger partial charge is 0.481 e. The van der Waals surface area contributed by atoms with Crippen LogP contribution in [0.15, 0.2) is 6.20 Å². The maximum Gasteiger partial charge on any atom is 0.410 e. The Labute approximate surface area is 136 Å². The van der Waals surface area contributed by atoms with E-state index in [1.54, 1.807) is 11.1 Å². The molecule has 1 aromatic heterocycles. The van der Waals surface area contributed by atoms with Crippen LogP contribution in [-0.4, -0.2) is 50.5 Å². The first-order chi connectivity index (χ1) is 10.7. The Balaban J connectivity index is 1.96. The highest BCUT2D eigenvalue weighted by Crippen LogP contribution is 2.25. The summed E-state index contributed by atoms with van der Waals surface area (Å²) in [6.07, 6.45) is 2.91. The topological polar surface area (TPSA) is 84.7 Å². The van der Waals surface area contributed by atoms with Crippen molar-refractivity contribution in [3.05, 3.63) is 17.5 Å². The third-order valence-corrected chi connectivity index (χ3v) is 3.95.